The summed E-state index contributed by atoms with van der Waals surface area (Å²) in [6, 6.07) is 2.74. The number of aromatic nitrogens is 1. The standard InChI is InChI=1S/C9H14F2N4O3S/c10-8(11)6-18-5-4-14-19(16,17)7-2-1-3-13-9(7)15-12/h1-3,8,14H,4-6,12H2,(H,13,15). The lowest BCUT2D eigenvalue weighted by Gasteiger charge is -2.10. The van der Waals surface area contributed by atoms with Gasteiger partial charge in [0.15, 0.2) is 5.82 Å². The fraction of sp³-hybridized carbons (Fsp3) is 0.444. The lowest BCUT2D eigenvalue weighted by Crippen LogP contribution is -2.29. The van der Waals surface area contributed by atoms with Crippen LogP contribution in [0, 0.1) is 0 Å². The Morgan fingerprint density at radius 1 is 1.47 bits per heavy atom. The smallest absolute Gasteiger partial charge is 0.261 e. The van der Waals surface area contributed by atoms with Crippen LogP contribution in [0.4, 0.5) is 14.6 Å². The van der Waals surface area contributed by atoms with Gasteiger partial charge in [0.05, 0.1) is 6.61 Å². The molecule has 10 heteroatoms. The highest BCUT2D eigenvalue weighted by Gasteiger charge is 2.18. The molecule has 4 N–H and O–H groups in total. The molecule has 1 rings (SSSR count). The van der Waals surface area contributed by atoms with Crippen LogP contribution in [-0.4, -0.2) is 39.6 Å². The summed E-state index contributed by atoms with van der Waals surface area (Å²) in [5.74, 6) is 5.13. The highest BCUT2D eigenvalue weighted by atomic mass is 32.2. The van der Waals surface area contributed by atoms with Crippen LogP contribution in [0.5, 0.6) is 0 Å². The molecule has 0 saturated carbocycles. The Morgan fingerprint density at radius 3 is 2.84 bits per heavy atom. The summed E-state index contributed by atoms with van der Waals surface area (Å²) >= 11 is 0. The molecule has 0 spiro atoms. The molecule has 0 amide bonds. The molecule has 1 heterocycles. The summed E-state index contributed by atoms with van der Waals surface area (Å²) in [4.78, 5) is 3.61. The molecule has 0 atom stereocenters. The molecule has 0 aliphatic rings. The molecule has 108 valence electrons. The minimum atomic E-state index is -3.83. The van der Waals surface area contributed by atoms with E-state index >= 15 is 0 Å². The Labute approximate surface area is 109 Å². The van der Waals surface area contributed by atoms with E-state index in [0.717, 1.165) is 0 Å². The molecule has 0 unspecified atom stereocenters. The van der Waals surface area contributed by atoms with E-state index in [2.05, 4.69) is 19.9 Å². The van der Waals surface area contributed by atoms with Crippen LogP contribution in [0.1, 0.15) is 0 Å². The van der Waals surface area contributed by atoms with E-state index in [-0.39, 0.29) is 23.9 Å². The van der Waals surface area contributed by atoms with Crippen molar-refractivity contribution in [1.29, 1.82) is 0 Å². The van der Waals surface area contributed by atoms with Gasteiger partial charge in [0.25, 0.3) is 6.43 Å². The fourth-order valence-electron chi connectivity index (χ4n) is 1.21. The number of pyridine rings is 1. The molecule has 1 aromatic heterocycles. The monoisotopic (exact) mass is 296 g/mol. The van der Waals surface area contributed by atoms with Crippen LogP contribution in [0.15, 0.2) is 23.2 Å². The Kier molecular flexibility index (Phi) is 6.02. The molecule has 0 aliphatic heterocycles. The van der Waals surface area contributed by atoms with Crippen LogP contribution in [0.25, 0.3) is 0 Å². The van der Waals surface area contributed by atoms with E-state index in [1.54, 1.807) is 0 Å². The predicted molar refractivity (Wildman–Crippen MR) is 64.1 cm³/mol. The first-order chi connectivity index (χ1) is 8.97. The third-order valence-electron chi connectivity index (χ3n) is 1.98. The molecule has 0 saturated heterocycles. The molecular formula is C9H14F2N4O3S. The van der Waals surface area contributed by atoms with Crippen molar-refractivity contribution in [2.75, 3.05) is 25.2 Å². The van der Waals surface area contributed by atoms with Crippen LogP contribution in [0.2, 0.25) is 0 Å². The van der Waals surface area contributed by atoms with Gasteiger partial charge in [0.2, 0.25) is 10.0 Å². The van der Waals surface area contributed by atoms with Crippen molar-refractivity contribution in [3.05, 3.63) is 18.3 Å². The van der Waals surface area contributed by atoms with Crippen molar-refractivity contribution < 1.29 is 21.9 Å². The zero-order valence-corrected chi connectivity index (χ0v) is 10.7. The van der Waals surface area contributed by atoms with E-state index < -0.39 is 23.1 Å². The molecule has 1 aromatic rings. The van der Waals surface area contributed by atoms with Gasteiger partial charge in [-0.3, -0.25) is 0 Å². The molecular weight excluding hydrogens is 282 g/mol. The van der Waals surface area contributed by atoms with Gasteiger partial charge in [-0.1, -0.05) is 0 Å². The Hall–Kier alpha value is -1.36. The van der Waals surface area contributed by atoms with Gasteiger partial charge >= 0.3 is 0 Å². The minimum Gasteiger partial charge on any atom is -0.374 e. The average molecular weight is 296 g/mol. The fourth-order valence-corrected chi connectivity index (χ4v) is 2.35. The number of rotatable bonds is 8. The molecule has 0 aromatic carbocycles. The summed E-state index contributed by atoms with van der Waals surface area (Å²) in [6.45, 7) is -1.02. The van der Waals surface area contributed by atoms with E-state index in [4.69, 9.17) is 5.84 Å². The number of nitrogens with zero attached hydrogens (tertiary/aromatic N) is 1. The summed E-state index contributed by atoms with van der Waals surface area (Å²) < 4.78 is 54.0. The number of hydrogen-bond donors (Lipinski definition) is 3. The van der Waals surface area contributed by atoms with E-state index in [1.165, 1.54) is 18.3 Å². The second-order valence-electron chi connectivity index (χ2n) is 3.36. The first-order valence-electron chi connectivity index (χ1n) is 5.24. The molecule has 0 aliphatic carbocycles. The number of sulfonamides is 1. The van der Waals surface area contributed by atoms with Gasteiger partial charge in [-0.2, -0.15) is 0 Å². The summed E-state index contributed by atoms with van der Waals surface area (Å²) in [5.41, 5.74) is 2.16. The maximum atomic E-state index is 11.9. The Morgan fingerprint density at radius 2 is 2.21 bits per heavy atom. The van der Waals surface area contributed by atoms with Gasteiger partial charge in [-0.05, 0) is 12.1 Å². The molecule has 7 nitrogen and oxygen atoms in total. The van der Waals surface area contributed by atoms with Gasteiger partial charge in [-0.15, -0.1) is 0 Å². The second-order valence-corrected chi connectivity index (χ2v) is 5.09. The maximum Gasteiger partial charge on any atom is 0.261 e. The van der Waals surface area contributed by atoms with Crippen LogP contribution >= 0.6 is 0 Å². The SMILES string of the molecule is NNc1ncccc1S(=O)(=O)NCCOCC(F)F. The van der Waals surface area contributed by atoms with Crippen molar-refractivity contribution >= 4 is 15.8 Å². The molecule has 0 radical (unpaired) electrons. The quantitative estimate of drug-likeness (QED) is 0.352. The van der Waals surface area contributed by atoms with Gasteiger partial charge in [0.1, 0.15) is 11.5 Å². The number of nitrogens with one attached hydrogen (secondary N) is 2. The zero-order chi connectivity index (χ0) is 14.3. The van der Waals surface area contributed by atoms with Crippen molar-refractivity contribution in [2.24, 2.45) is 5.84 Å². The average Bonchev–Trinajstić information content (AvgIpc) is 2.37. The summed E-state index contributed by atoms with van der Waals surface area (Å²) in [6.07, 6.45) is -1.21. The second kappa shape index (κ2) is 7.28. The topological polar surface area (TPSA) is 106 Å². The van der Waals surface area contributed by atoms with Gasteiger partial charge < -0.3 is 10.2 Å². The van der Waals surface area contributed by atoms with E-state index in [0.29, 0.717) is 0 Å². The third-order valence-corrected chi connectivity index (χ3v) is 3.47. The predicted octanol–water partition coefficient (Wildman–Crippen LogP) is -0.0728. The lowest BCUT2D eigenvalue weighted by molar-refractivity contribution is 0.0199. The largest absolute Gasteiger partial charge is 0.374 e. The highest BCUT2D eigenvalue weighted by Crippen LogP contribution is 2.16. The van der Waals surface area contributed by atoms with Gasteiger partial charge in [-0.25, -0.2) is 32.7 Å². The van der Waals surface area contributed by atoms with Crippen molar-refractivity contribution in [1.82, 2.24) is 9.71 Å². The van der Waals surface area contributed by atoms with Crippen molar-refractivity contribution in [3.63, 3.8) is 0 Å². The molecule has 0 bridgehead atoms. The molecule has 0 fully saturated rings. The van der Waals surface area contributed by atoms with Crippen LogP contribution in [-0.2, 0) is 14.8 Å². The zero-order valence-electron chi connectivity index (χ0n) is 9.84. The summed E-state index contributed by atoms with van der Waals surface area (Å²) in [5, 5.41) is 0. The summed E-state index contributed by atoms with van der Waals surface area (Å²) in [7, 11) is -3.83. The normalized spacial score (nSPS) is 11.8. The van der Waals surface area contributed by atoms with Crippen molar-refractivity contribution in [2.45, 2.75) is 11.3 Å². The third kappa shape index (κ3) is 5.03. The number of halogens is 2. The number of ether oxygens (including phenoxy) is 1. The number of nitrogens with two attached hydrogens (primary N) is 1. The van der Waals surface area contributed by atoms with Crippen LogP contribution in [0.3, 0.4) is 0 Å². The van der Waals surface area contributed by atoms with E-state index in [1.807, 2.05) is 0 Å². The highest BCUT2D eigenvalue weighted by molar-refractivity contribution is 7.89. The first kappa shape index (κ1) is 15.7. The number of anilines is 1. The Balaban J connectivity index is 2.56. The first-order valence-corrected chi connectivity index (χ1v) is 6.73. The minimum absolute atomic E-state index is 0.0106. The van der Waals surface area contributed by atoms with Gasteiger partial charge in [0, 0.05) is 12.7 Å². The maximum absolute atomic E-state index is 11.9. The number of hydrazine groups is 1. The van der Waals surface area contributed by atoms with E-state index in [9.17, 15) is 17.2 Å². The Bertz CT molecular complexity index is 498. The lowest BCUT2D eigenvalue weighted by atomic mass is 10.5. The number of hydrogen-bond acceptors (Lipinski definition) is 6. The van der Waals surface area contributed by atoms with Crippen LogP contribution < -0.4 is 16.0 Å². The number of nitrogen functional groups attached to an aromatic ring is 1. The molecule has 19 heavy (non-hydrogen) atoms. The van der Waals surface area contributed by atoms with Crippen molar-refractivity contribution in [3.8, 4) is 0 Å². The number of alkyl halides is 2.